The number of aromatic nitrogens is 6. The first kappa shape index (κ1) is 11.2. The lowest BCUT2D eigenvalue weighted by atomic mass is 10.3. The molecule has 0 saturated carbocycles. The van der Waals surface area contributed by atoms with Gasteiger partial charge in [-0.1, -0.05) is 0 Å². The monoisotopic (exact) mass is 257 g/mol. The molecule has 0 spiro atoms. The summed E-state index contributed by atoms with van der Waals surface area (Å²) in [6.45, 7) is 0. The third-order valence-electron chi connectivity index (χ3n) is 2.65. The Kier molecular flexibility index (Phi) is 2.60. The number of nitrogens with one attached hydrogen (secondary N) is 2. The molecule has 0 aliphatic heterocycles. The van der Waals surface area contributed by atoms with Gasteiger partial charge in [0.2, 0.25) is 5.95 Å². The fraction of sp³-hybridized carbons (Fsp3) is 0.0909. The average molecular weight is 257 g/mol. The molecule has 8 heteroatoms. The molecule has 0 bridgehead atoms. The predicted molar refractivity (Wildman–Crippen MR) is 66.9 cm³/mol. The molecule has 3 aromatic heterocycles. The van der Waals surface area contributed by atoms with E-state index >= 15 is 0 Å². The van der Waals surface area contributed by atoms with Gasteiger partial charge in [0.25, 0.3) is 5.91 Å². The molecule has 0 aliphatic carbocycles. The average Bonchev–Trinajstić information content (AvgIpc) is 3.08. The highest BCUT2D eigenvalue weighted by atomic mass is 16.1. The Morgan fingerprint density at radius 1 is 1.37 bits per heavy atom. The fourth-order valence-electron chi connectivity index (χ4n) is 1.81. The van der Waals surface area contributed by atoms with Gasteiger partial charge in [-0.15, -0.1) is 0 Å². The minimum Gasteiger partial charge on any atom is -0.308 e. The zero-order valence-electron chi connectivity index (χ0n) is 10.1. The van der Waals surface area contributed by atoms with Crippen LogP contribution in [0.1, 0.15) is 10.4 Å². The van der Waals surface area contributed by atoms with Gasteiger partial charge in [-0.3, -0.25) is 14.8 Å². The molecule has 0 unspecified atom stereocenters. The summed E-state index contributed by atoms with van der Waals surface area (Å²) in [6.07, 6.45) is 6.54. The second-order valence-corrected chi connectivity index (χ2v) is 3.88. The number of anilines is 1. The SMILES string of the molecule is Cn1ncc(C(=O)Nc2ncn[nH]2)c1-n1cccc1. The van der Waals surface area contributed by atoms with Crippen LogP contribution >= 0.6 is 0 Å². The molecule has 2 N–H and O–H groups in total. The molecule has 0 saturated heterocycles. The minimum absolute atomic E-state index is 0.298. The third-order valence-corrected chi connectivity index (χ3v) is 2.65. The molecule has 0 aliphatic rings. The number of aromatic amines is 1. The van der Waals surface area contributed by atoms with Crippen molar-refractivity contribution in [3.63, 3.8) is 0 Å². The summed E-state index contributed by atoms with van der Waals surface area (Å²) in [6, 6.07) is 3.76. The van der Waals surface area contributed by atoms with Gasteiger partial charge >= 0.3 is 0 Å². The lowest BCUT2D eigenvalue weighted by Crippen LogP contribution is -2.15. The van der Waals surface area contributed by atoms with Gasteiger partial charge in [0, 0.05) is 19.4 Å². The van der Waals surface area contributed by atoms with Gasteiger partial charge in [0.05, 0.1) is 6.20 Å². The van der Waals surface area contributed by atoms with E-state index in [1.54, 1.807) is 11.7 Å². The number of carbonyl (C=O) groups excluding carboxylic acids is 1. The summed E-state index contributed by atoms with van der Waals surface area (Å²) in [5.74, 6) is 0.683. The summed E-state index contributed by atoms with van der Waals surface area (Å²) in [5, 5.41) is 13.0. The maximum atomic E-state index is 12.2. The van der Waals surface area contributed by atoms with Gasteiger partial charge in [0.15, 0.2) is 0 Å². The number of carbonyl (C=O) groups is 1. The highest BCUT2D eigenvalue weighted by molar-refractivity contribution is 6.05. The lowest BCUT2D eigenvalue weighted by molar-refractivity contribution is 0.102. The van der Waals surface area contributed by atoms with Crippen molar-refractivity contribution in [2.45, 2.75) is 0 Å². The third kappa shape index (κ3) is 1.99. The standard InChI is InChI=1S/C11H11N7O/c1-17-10(18-4-2-3-5-18)8(6-14-17)9(19)15-11-12-7-13-16-11/h2-7H,1H3,(H2,12,13,15,16,19). The topological polar surface area (TPSA) is 93.4 Å². The van der Waals surface area contributed by atoms with Crippen LogP contribution in [0.3, 0.4) is 0 Å². The predicted octanol–water partition coefficient (Wildman–Crippen LogP) is 0.581. The number of hydrogen-bond acceptors (Lipinski definition) is 4. The van der Waals surface area contributed by atoms with Crippen molar-refractivity contribution in [2.75, 3.05) is 5.32 Å². The van der Waals surface area contributed by atoms with E-state index in [2.05, 4.69) is 25.6 Å². The van der Waals surface area contributed by atoms with E-state index in [-0.39, 0.29) is 5.91 Å². The van der Waals surface area contributed by atoms with E-state index in [0.717, 1.165) is 0 Å². The Labute approximate surface area is 108 Å². The highest BCUT2D eigenvalue weighted by Crippen LogP contribution is 2.14. The van der Waals surface area contributed by atoms with Crippen LogP contribution < -0.4 is 5.32 Å². The molecule has 8 nitrogen and oxygen atoms in total. The molecule has 96 valence electrons. The van der Waals surface area contributed by atoms with E-state index in [4.69, 9.17) is 0 Å². The quantitative estimate of drug-likeness (QED) is 0.717. The normalized spacial score (nSPS) is 10.6. The van der Waals surface area contributed by atoms with E-state index in [9.17, 15) is 4.79 Å². The molecule has 3 aromatic rings. The number of nitrogens with zero attached hydrogens (tertiary/aromatic N) is 5. The minimum atomic E-state index is -0.298. The van der Waals surface area contributed by atoms with Crippen LogP contribution in [0, 0.1) is 0 Å². The van der Waals surface area contributed by atoms with Gasteiger partial charge < -0.3 is 4.57 Å². The first-order valence-corrected chi connectivity index (χ1v) is 5.58. The van der Waals surface area contributed by atoms with Crippen molar-refractivity contribution in [1.29, 1.82) is 0 Å². The molecule has 3 rings (SSSR count). The van der Waals surface area contributed by atoms with Crippen molar-refractivity contribution in [3.05, 3.63) is 42.6 Å². The summed E-state index contributed by atoms with van der Waals surface area (Å²) in [5.41, 5.74) is 0.454. The maximum Gasteiger partial charge on any atom is 0.263 e. The van der Waals surface area contributed by atoms with E-state index in [1.807, 2.05) is 29.1 Å². The number of hydrogen-bond donors (Lipinski definition) is 2. The Balaban J connectivity index is 1.95. The lowest BCUT2D eigenvalue weighted by Gasteiger charge is -2.06. The van der Waals surface area contributed by atoms with E-state index < -0.39 is 0 Å². The van der Waals surface area contributed by atoms with Crippen molar-refractivity contribution in [2.24, 2.45) is 7.05 Å². The Morgan fingerprint density at radius 3 is 2.84 bits per heavy atom. The number of aryl methyl sites for hydroxylation is 1. The summed E-state index contributed by atoms with van der Waals surface area (Å²) < 4.78 is 3.46. The van der Waals surface area contributed by atoms with E-state index in [1.165, 1.54) is 12.5 Å². The van der Waals surface area contributed by atoms with Crippen LogP contribution in [0.5, 0.6) is 0 Å². The van der Waals surface area contributed by atoms with Crippen LogP contribution in [-0.2, 0) is 7.05 Å². The number of H-pyrrole nitrogens is 1. The molecule has 19 heavy (non-hydrogen) atoms. The first-order valence-electron chi connectivity index (χ1n) is 5.58. The Hall–Kier alpha value is -2.90. The van der Waals surface area contributed by atoms with Gasteiger partial charge in [-0.05, 0) is 12.1 Å². The maximum absolute atomic E-state index is 12.2. The Bertz CT molecular complexity index is 681. The Morgan fingerprint density at radius 2 is 2.16 bits per heavy atom. The zero-order valence-corrected chi connectivity index (χ0v) is 10.1. The molecule has 0 fully saturated rings. The van der Waals surface area contributed by atoms with Gasteiger partial charge in [-0.25, -0.2) is 5.10 Å². The van der Waals surface area contributed by atoms with Crippen LogP contribution in [0.15, 0.2) is 37.1 Å². The zero-order chi connectivity index (χ0) is 13.2. The number of rotatable bonds is 3. The molecule has 3 heterocycles. The molecule has 1 amide bonds. The first-order chi connectivity index (χ1) is 9.25. The highest BCUT2D eigenvalue weighted by Gasteiger charge is 2.18. The van der Waals surface area contributed by atoms with Crippen molar-refractivity contribution in [1.82, 2.24) is 29.5 Å². The summed E-state index contributed by atoms with van der Waals surface area (Å²) >= 11 is 0. The smallest absolute Gasteiger partial charge is 0.263 e. The van der Waals surface area contributed by atoms with Crippen molar-refractivity contribution >= 4 is 11.9 Å². The second kappa shape index (κ2) is 4.41. The van der Waals surface area contributed by atoms with Crippen LogP contribution in [0.4, 0.5) is 5.95 Å². The van der Waals surface area contributed by atoms with Crippen molar-refractivity contribution in [3.8, 4) is 5.82 Å². The molecular formula is C11H11N7O. The molecule has 0 atom stereocenters. The summed E-state index contributed by atoms with van der Waals surface area (Å²) in [7, 11) is 1.78. The fourth-order valence-corrected chi connectivity index (χ4v) is 1.81. The summed E-state index contributed by atoms with van der Waals surface area (Å²) in [4.78, 5) is 16.0. The number of amides is 1. The van der Waals surface area contributed by atoms with Gasteiger partial charge in [0.1, 0.15) is 17.7 Å². The van der Waals surface area contributed by atoms with Crippen molar-refractivity contribution < 1.29 is 4.79 Å². The van der Waals surface area contributed by atoms with Crippen LogP contribution in [0.25, 0.3) is 5.82 Å². The van der Waals surface area contributed by atoms with Crippen LogP contribution in [0.2, 0.25) is 0 Å². The molecule has 0 radical (unpaired) electrons. The molecular weight excluding hydrogens is 246 g/mol. The largest absolute Gasteiger partial charge is 0.308 e. The van der Waals surface area contributed by atoms with Gasteiger partial charge in [-0.2, -0.15) is 15.2 Å². The van der Waals surface area contributed by atoms with Crippen LogP contribution in [-0.4, -0.2) is 35.4 Å². The molecule has 0 aromatic carbocycles. The second-order valence-electron chi connectivity index (χ2n) is 3.88. The van der Waals surface area contributed by atoms with E-state index in [0.29, 0.717) is 17.3 Å².